The van der Waals surface area contributed by atoms with Crippen molar-refractivity contribution in [1.29, 1.82) is 0 Å². The molecular formula is C17H17FN4O3S. The molecule has 26 heavy (non-hydrogen) atoms. The topological polar surface area (TPSA) is 88.3 Å². The Morgan fingerprint density at radius 1 is 1.35 bits per heavy atom. The normalized spacial score (nSPS) is 19.1. The second-order valence-electron chi connectivity index (χ2n) is 6.18. The number of pyridine rings is 1. The van der Waals surface area contributed by atoms with Crippen molar-refractivity contribution in [3.05, 3.63) is 53.6 Å². The van der Waals surface area contributed by atoms with Gasteiger partial charge in [0.1, 0.15) is 10.7 Å². The van der Waals surface area contributed by atoms with Crippen molar-refractivity contribution in [3.8, 4) is 0 Å². The monoisotopic (exact) mass is 376 g/mol. The molecule has 1 aromatic carbocycles. The van der Waals surface area contributed by atoms with E-state index in [1.807, 2.05) is 0 Å². The maximum absolute atomic E-state index is 13.6. The zero-order valence-corrected chi connectivity index (χ0v) is 14.8. The van der Waals surface area contributed by atoms with Crippen LogP contribution in [0.3, 0.4) is 0 Å². The van der Waals surface area contributed by atoms with Gasteiger partial charge in [-0.05, 0) is 30.7 Å². The molecule has 136 valence electrons. The minimum Gasteiger partial charge on any atom is -0.336 e. The van der Waals surface area contributed by atoms with Gasteiger partial charge in [0, 0.05) is 19.6 Å². The van der Waals surface area contributed by atoms with Gasteiger partial charge in [0.2, 0.25) is 10.0 Å². The van der Waals surface area contributed by atoms with Crippen LogP contribution < -0.4 is 5.32 Å². The van der Waals surface area contributed by atoms with Gasteiger partial charge >= 0.3 is 0 Å². The molecule has 1 aliphatic heterocycles. The molecule has 1 saturated heterocycles. The van der Waals surface area contributed by atoms with E-state index in [1.54, 1.807) is 19.1 Å². The number of hydrogen-bond donors (Lipinski definition) is 1. The highest BCUT2D eigenvalue weighted by Crippen LogP contribution is 2.30. The van der Waals surface area contributed by atoms with Gasteiger partial charge in [-0.1, -0.05) is 17.3 Å². The second-order valence-corrected chi connectivity index (χ2v) is 8.07. The third-order valence-corrected chi connectivity index (χ3v) is 6.39. The van der Waals surface area contributed by atoms with E-state index >= 15 is 0 Å². The number of benzene rings is 1. The standard InChI is InChI=1S/C17H17FN4O3S/c1-11-15-8-14(9-20-17(15)25-21-11)26(23,24)22-6-5-19-10-16(22)12-3-2-4-13(18)7-12/h2-4,7-9,16,19H,5-6,10H2,1H3. The summed E-state index contributed by atoms with van der Waals surface area (Å²) in [6, 6.07) is 7.04. The van der Waals surface area contributed by atoms with Gasteiger partial charge in [-0.2, -0.15) is 4.31 Å². The highest BCUT2D eigenvalue weighted by atomic mass is 32.2. The summed E-state index contributed by atoms with van der Waals surface area (Å²) < 4.78 is 46.6. The summed E-state index contributed by atoms with van der Waals surface area (Å²) in [4.78, 5) is 4.13. The molecule has 0 amide bonds. The molecule has 1 fully saturated rings. The van der Waals surface area contributed by atoms with Crippen LogP contribution in [0.2, 0.25) is 0 Å². The number of sulfonamides is 1. The maximum Gasteiger partial charge on any atom is 0.257 e. The molecule has 3 heterocycles. The molecule has 0 saturated carbocycles. The minimum absolute atomic E-state index is 0.0691. The van der Waals surface area contributed by atoms with E-state index in [2.05, 4.69) is 15.5 Å². The molecule has 1 unspecified atom stereocenters. The lowest BCUT2D eigenvalue weighted by molar-refractivity contribution is 0.271. The quantitative estimate of drug-likeness (QED) is 0.752. The Bertz CT molecular complexity index is 1070. The smallest absolute Gasteiger partial charge is 0.257 e. The fourth-order valence-corrected chi connectivity index (χ4v) is 4.76. The van der Waals surface area contributed by atoms with Gasteiger partial charge in [0.15, 0.2) is 0 Å². The summed E-state index contributed by atoms with van der Waals surface area (Å²) in [5, 5.41) is 7.54. The van der Waals surface area contributed by atoms with Gasteiger partial charge in [-0.3, -0.25) is 0 Å². The van der Waals surface area contributed by atoms with E-state index < -0.39 is 21.9 Å². The molecule has 0 aliphatic carbocycles. The first-order valence-corrected chi connectivity index (χ1v) is 9.61. The number of aryl methyl sites for hydroxylation is 1. The molecule has 2 aromatic heterocycles. The molecule has 9 heteroatoms. The van der Waals surface area contributed by atoms with Crippen LogP contribution >= 0.6 is 0 Å². The molecule has 3 aromatic rings. The van der Waals surface area contributed by atoms with E-state index in [1.165, 1.54) is 28.7 Å². The molecule has 0 radical (unpaired) electrons. The molecular weight excluding hydrogens is 359 g/mol. The Labute approximate surface area is 149 Å². The van der Waals surface area contributed by atoms with Gasteiger partial charge in [0.05, 0.1) is 23.3 Å². The Kier molecular flexibility index (Phi) is 4.22. The SMILES string of the molecule is Cc1noc2ncc(S(=O)(=O)N3CCNCC3c3cccc(F)c3)cc12. The number of nitrogens with zero attached hydrogens (tertiary/aromatic N) is 3. The van der Waals surface area contributed by atoms with Crippen molar-refractivity contribution in [1.82, 2.24) is 19.8 Å². The first kappa shape index (κ1) is 17.1. The number of fused-ring (bicyclic) bond motifs is 1. The summed E-state index contributed by atoms with van der Waals surface area (Å²) >= 11 is 0. The largest absolute Gasteiger partial charge is 0.336 e. The van der Waals surface area contributed by atoms with Crippen LogP contribution in [-0.2, 0) is 10.0 Å². The van der Waals surface area contributed by atoms with Crippen LogP contribution in [0, 0.1) is 12.7 Å². The Hall–Kier alpha value is -2.36. The van der Waals surface area contributed by atoms with Gasteiger partial charge in [0.25, 0.3) is 5.71 Å². The van der Waals surface area contributed by atoms with E-state index in [4.69, 9.17) is 4.52 Å². The summed E-state index contributed by atoms with van der Waals surface area (Å²) in [7, 11) is -3.82. The zero-order valence-electron chi connectivity index (χ0n) is 14.0. The highest BCUT2D eigenvalue weighted by molar-refractivity contribution is 7.89. The fourth-order valence-electron chi connectivity index (χ4n) is 3.17. The number of aromatic nitrogens is 2. The molecule has 1 aliphatic rings. The maximum atomic E-state index is 13.6. The predicted octanol–water partition coefficient (Wildman–Crippen LogP) is 2.01. The van der Waals surface area contributed by atoms with E-state index in [0.717, 1.165) is 0 Å². The molecule has 1 atom stereocenters. The molecule has 0 bridgehead atoms. The number of nitrogens with one attached hydrogen (secondary N) is 1. The summed E-state index contributed by atoms with van der Waals surface area (Å²) in [6.07, 6.45) is 1.27. The predicted molar refractivity (Wildman–Crippen MR) is 92.4 cm³/mol. The van der Waals surface area contributed by atoms with E-state index in [0.29, 0.717) is 35.4 Å². The number of rotatable bonds is 3. The molecule has 0 spiro atoms. The van der Waals surface area contributed by atoms with Crippen LogP contribution in [-0.4, -0.2) is 42.5 Å². The van der Waals surface area contributed by atoms with E-state index in [-0.39, 0.29) is 11.4 Å². The second kappa shape index (κ2) is 6.42. The average Bonchev–Trinajstić information content (AvgIpc) is 3.02. The minimum atomic E-state index is -3.82. The average molecular weight is 376 g/mol. The van der Waals surface area contributed by atoms with Crippen LogP contribution in [0.15, 0.2) is 45.9 Å². The lowest BCUT2D eigenvalue weighted by Crippen LogP contribution is -2.48. The van der Waals surface area contributed by atoms with Crippen molar-refractivity contribution in [2.45, 2.75) is 17.9 Å². The lowest BCUT2D eigenvalue weighted by atomic mass is 10.1. The van der Waals surface area contributed by atoms with Crippen molar-refractivity contribution in [2.24, 2.45) is 0 Å². The van der Waals surface area contributed by atoms with Gasteiger partial charge in [-0.25, -0.2) is 17.8 Å². The van der Waals surface area contributed by atoms with E-state index in [9.17, 15) is 12.8 Å². The van der Waals surface area contributed by atoms with Crippen molar-refractivity contribution < 1.29 is 17.3 Å². The van der Waals surface area contributed by atoms with Crippen molar-refractivity contribution >= 4 is 21.1 Å². The first-order valence-electron chi connectivity index (χ1n) is 8.17. The zero-order chi connectivity index (χ0) is 18.3. The Morgan fingerprint density at radius 3 is 3.00 bits per heavy atom. The Morgan fingerprint density at radius 2 is 2.19 bits per heavy atom. The first-order chi connectivity index (χ1) is 12.5. The molecule has 1 N–H and O–H groups in total. The molecule has 4 rings (SSSR count). The van der Waals surface area contributed by atoms with Crippen LogP contribution in [0.5, 0.6) is 0 Å². The van der Waals surface area contributed by atoms with Crippen LogP contribution in [0.4, 0.5) is 4.39 Å². The van der Waals surface area contributed by atoms with Gasteiger partial charge in [-0.15, -0.1) is 0 Å². The van der Waals surface area contributed by atoms with Crippen LogP contribution in [0.1, 0.15) is 17.3 Å². The Balaban J connectivity index is 1.77. The number of piperazine rings is 1. The summed E-state index contributed by atoms with van der Waals surface area (Å²) in [5.41, 5.74) is 1.48. The number of hydrogen-bond acceptors (Lipinski definition) is 6. The van der Waals surface area contributed by atoms with Crippen LogP contribution in [0.25, 0.3) is 11.1 Å². The third kappa shape index (κ3) is 2.87. The molecule has 7 nitrogen and oxygen atoms in total. The third-order valence-electron chi connectivity index (χ3n) is 4.52. The van der Waals surface area contributed by atoms with Crippen molar-refractivity contribution in [2.75, 3.05) is 19.6 Å². The lowest BCUT2D eigenvalue weighted by Gasteiger charge is -2.35. The fraction of sp³-hybridized carbons (Fsp3) is 0.294. The highest BCUT2D eigenvalue weighted by Gasteiger charge is 2.35. The summed E-state index contributed by atoms with van der Waals surface area (Å²) in [6.45, 7) is 2.94. The number of halogens is 1. The van der Waals surface area contributed by atoms with Crippen molar-refractivity contribution in [3.63, 3.8) is 0 Å². The summed E-state index contributed by atoms with van der Waals surface area (Å²) in [5.74, 6) is -0.395. The van der Waals surface area contributed by atoms with Gasteiger partial charge < -0.3 is 9.84 Å².